The van der Waals surface area contributed by atoms with E-state index in [2.05, 4.69) is 31.8 Å². The standard InChI is InChI=1S/C16H20N6O2S/c1-9-6-10(21-25(23,24)11-2-3-11)7-12(9)16-20-19-14-8-18-15-13(22(14)16)4-5-17-15/h4-5,8-12,17,21H,2-3,6-7H2,1H3/t9-,10+,12?/m1/s1. The van der Waals surface area contributed by atoms with E-state index >= 15 is 0 Å². The molecule has 9 heteroatoms. The molecular weight excluding hydrogens is 340 g/mol. The molecule has 2 N–H and O–H groups in total. The Bertz CT molecular complexity index is 1050. The van der Waals surface area contributed by atoms with Gasteiger partial charge in [-0.2, -0.15) is 0 Å². The van der Waals surface area contributed by atoms with E-state index in [1.54, 1.807) is 6.20 Å². The molecule has 3 aromatic heterocycles. The summed E-state index contributed by atoms with van der Waals surface area (Å²) in [4.78, 5) is 7.46. The largest absolute Gasteiger partial charge is 0.345 e. The molecule has 2 aliphatic rings. The molecule has 0 aromatic carbocycles. The van der Waals surface area contributed by atoms with E-state index < -0.39 is 10.0 Å². The van der Waals surface area contributed by atoms with Gasteiger partial charge < -0.3 is 4.98 Å². The fraction of sp³-hybridized carbons (Fsp3) is 0.562. The molecule has 5 rings (SSSR count). The van der Waals surface area contributed by atoms with E-state index in [0.29, 0.717) is 5.92 Å². The van der Waals surface area contributed by atoms with Gasteiger partial charge in [0.05, 0.1) is 17.0 Å². The van der Waals surface area contributed by atoms with Crippen LogP contribution in [0.2, 0.25) is 0 Å². The molecule has 2 aliphatic carbocycles. The first-order chi connectivity index (χ1) is 12.0. The summed E-state index contributed by atoms with van der Waals surface area (Å²) < 4.78 is 29.4. The Balaban J connectivity index is 1.49. The minimum absolute atomic E-state index is 0.0264. The van der Waals surface area contributed by atoms with Crippen LogP contribution in [0.1, 0.15) is 44.3 Å². The SMILES string of the molecule is C[C@@H]1C[C@H](NS(=O)(=O)C2CC2)CC1c1nnc2cnc3[nH]ccc3n12. The number of aromatic nitrogens is 5. The van der Waals surface area contributed by atoms with Gasteiger partial charge in [0.25, 0.3) is 0 Å². The van der Waals surface area contributed by atoms with Crippen LogP contribution in [0, 0.1) is 5.92 Å². The van der Waals surface area contributed by atoms with Gasteiger partial charge in [0.1, 0.15) is 5.82 Å². The lowest BCUT2D eigenvalue weighted by Crippen LogP contribution is -2.35. The van der Waals surface area contributed by atoms with Crippen molar-refractivity contribution in [3.05, 3.63) is 24.3 Å². The highest BCUT2D eigenvalue weighted by Crippen LogP contribution is 2.40. The van der Waals surface area contributed by atoms with E-state index in [9.17, 15) is 8.42 Å². The van der Waals surface area contributed by atoms with Crippen molar-refractivity contribution in [3.63, 3.8) is 0 Å². The van der Waals surface area contributed by atoms with Gasteiger partial charge in [-0.05, 0) is 37.7 Å². The number of sulfonamides is 1. The van der Waals surface area contributed by atoms with Gasteiger partial charge in [0.15, 0.2) is 11.3 Å². The monoisotopic (exact) mass is 360 g/mol. The minimum Gasteiger partial charge on any atom is -0.345 e. The van der Waals surface area contributed by atoms with Gasteiger partial charge >= 0.3 is 0 Å². The first-order valence-electron chi connectivity index (χ1n) is 8.71. The van der Waals surface area contributed by atoms with Crippen molar-refractivity contribution in [1.82, 2.24) is 29.3 Å². The van der Waals surface area contributed by atoms with Crippen LogP contribution in [-0.2, 0) is 10.0 Å². The van der Waals surface area contributed by atoms with E-state index in [4.69, 9.17) is 0 Å². The van der Waals surface area contributed by atoms with Crippen LogP contribution in [0.25, 0.3) is 16.8 Å². The Kier molecular flexibility index (Phi) is 3.21. The predicted molar refractivity (Wildman–Crippen MR) is 92.6 cm³/mol. The quantitative estimate of drug-likeness (QED) is 0.735. The summed E-state index contributed by atoms with van der Waals surface area (Å²) in [6, 6.07) is 1.94. The fourth-order valence-electron chi connectivity index (χ4n) is 4.05. The molecule has 1 unspecified atom stereocenters. The molecule has 0 saturated heterocycles. The van der Waals surface area contributed by atoms with Crippen molar-refractivity contribution in [1.29, 1.82) is 0 Å². The summed E-state index contributed by atoms with van der Waals surface area (Å²) in [5.74, 6) is 1.39. The van der Waals surface area contributed by atoms with E-state index in [1.165, 1.54) is 0 Å². The van der Waals surface area contributed by atoms with Crippen molar-refractivity contribution in [2.45, 2.75) is 49.8 Å². The molecule has 0 aliphatic heterocycles. The molecule has 0 bridgehead atoms. The molecule has 2 fully saturated rings. The Hall–Kier alpha value is -2.00. The average Bonchev–Trinajstić information content (AvgIpc) is 3.03. The number of nitrogens with zero attached hydrogens (tertiary/aromatic N) is 4. The maximum absolute atomic E-state index is 12.2. The molecule has 25 heavy (non-hydrogen) atoms. The number of hydrogen-bond acceptors (Lipinski definition) is 5. The van der Waals surface area contributed by atoms with E-state index in [1.807, 2.05) is 16.7 Å². The maximum Gasteiger partial charge on any atom is 0.214 e. The third kappa shape index (κ3) is 2.44. The van der Waals surface area contributed by atoms with Crippen LogP contribution < -0.4 is 4.72 Å². The Labute approximate surface area is 145 Å². The Morgan fingerprint density at radius 2 is 2.12 bits per heavy atom. The number of hydrogen-bond donors (Lipinski definition) is 2. The van der Waals surface area contributed by atoms with Crippen LogP contribution in [0.15, 0.2) is 18.5 Å². The summed E-state index contributed by atoms with van der Waals surface area (Å²) in [7, 11) is -3.16. The Morgan fingerprint density at radius 3 is 2.92 bits per heavy atom. The summed E-state index contributed by atoms with van der Waals surface area (Å²) in [6.07, 6.45) is 6.71. The van der Waals surface area contributed by atoms with Crippen LogP contribution in [0.3, 0.4) is 0 Å². The number of rotatable bonds is 4. The molecule has 8 nitrogen and oxygen atoms in total. The normalized spacial score (nSPS) is 27.5. The highest BCUT2D eigenvalue weighted by Gasteiger charge is 2.41. The van der Waals surface area contributed by atoms with Gasteiger partial charge in [0, 0.05) is 18.2 Å². The second-order valence-electron chi connectivity index (χ2n) is 7.34. The maximum atomic E-state index is 12.2. The molecule has 0 radical (unpaired) electrons. The third-order valence-corrected chi connectivity index (χ3v) is 7.49. The summed E-state index contributed by atoms with van der Waals surface area (Å²) >= 11 is 0. The van der Waals surface area contributed by atoms with E-state index in [-0.39, 0.29) is 17.2 Å². The Morgan fingerprint density at radius 1 is 1.28 bits per heavy atom. The van der Waals surface area contributed by atoms with Crippen LogP contribution in [0.4, 0.5) is 0 Å². The van der Waals surface area contributed by atoms with Gasteiger partial charge in [0.2, 0.25) is 10.0 Å². The number of H-pyrrole nitrogens is 1. The second-order valence-corrected chi connectivity index (χ2v) is 9.33. The highest BCUT2D eigenvalue weighted by molar-refractivity contribution is 7.90. The van der Waals surface area contributed by atoms with Crippen molar-refractivity contribution < 1.29 is 8.42 Å². The lowest BCUT2D eigenvalue weighted by molar-refractivity contribution is 0.505. The molecule has 3 heterocycles. The smallest absolute Gasteiger partial charge is 0.214 e. The third-order valence-electron chi connectivity index (χ3n) is 5.47. The van der Waals surface area contributed by atoms with Gasteiger partial charge in [-0.3, -0.25) is 4.40 Å². The number of fused-ring (bicyclic) bond motifs is 3. The van der Waals surface area contributed by atoms with Crippen molar-refractivity contribution in [3.8, 4) is 0 Å². The highest BCUT2D eigenvalue weighted by atomic mass is 32.2. The molecular formula is C16H20N6O2S. The van der Waals surface area contributed by atoms with Gasteiger partial charge in [-0.15, -0.1) is 10.2 Å². The fourth-order valence-corrected chi connectivity index (χ4v) is 5.66. The molecule has 132 valence electrons. The van der Waals surface area contributed by atoms with Gasteiger partial charge in [-0.25, -0.2) is 18.1 Å². The lowest BCUT2D eigenvalue weighted by Gasteiger charge is -2.13. The van der Waals surface area contributed by atoms with Crippen molar-refractivity contribution in [2.75, 3.05) is 0 Å². The summed E-state index contributed by atoms with van der Waals surface area (Å²) in [5, 5.41) is 8.50. The minimum atomic E-state index is -3.16. The molecule has 3 atom stereocenters. The second kappa shape index (κ2) is 5.25. The first kappa shape index (κ1) is 15.3. The first-order valence-corrected chi connectivity index (χ1v) is 10.3. The van der Waals surface area contributed by atoms with Crippen molar-refractivity contribution in [2.24, 2.45) is 5.92 Å². The number of aromatic amines is 1. The zero-order valence-corrected chi connectivity index (χ0v) is 14.7. The molecule has 0 amide bonds. The van der Waals surface area contributed by atoms with E-state index in [0.717, 1.165) is 48.3 Å². The topological polar surface area (TPSA) is 105 Å². The van der Waals surface area contributed by atoms with Crippen LogP contribution in [0.5, 0.6) is 0 Å². The molecule has 2 saturated carbocycles. The summed E-state index contributed by atoms with van der Waals surface area (Å²) in [6.45, 7) is 2.16. The predicted octanol–water partition coefficient (Wildman–Crippen LogP) is 1.57. The number of nitrogens with one attached hydrogen (secondary N) is 2. The molecule has 3 aromatic rings. The average molecular weight is 360 g/mol. The summed E-state index contributed by atoms with van der Waals surface area (Å²) in [5.41, 5.74) is 2.47. The van der Waals surface area contributed by atoms with Gasteiger partial charge in [-0.1, -0.05) is 6.92 Å². The van der Waals surface area contributed by atoms with Crippen molar-refractivity contribution >= 4 is 26.8 Å². The zero-order valence-electron chi connectivity index (χ0n) is 13.9. The zero-order chi connectivity index (χ0) is 17.2. The van der Waals surface area contributed by atoms with Crippen LogP contribution >= 0.6 is 0 Å². The lowest BCUT2D eigenvalue weighted by atomic mass is 9.97. The molecule has 0 spiro atoms. The van der Waals surface area contributed by atoms with Crippen LogP contribution in [-0.4, -0.2) is 44.3 Å².